The van der Waals surface area contributed by atoms with Crippen molar-refractivity contribution in [1.82, 2.24) is 0 Å². The van der Waals surface area contributed by atoms with Gasteiger partial charge in [0.25, 0.3) is 5.91 Å². The number of hydrogen-bond acceptors (Lipinski definition) is 1. The Balaban J connectivity index is 1.47. The number of hydrogen-bond donors (Lipinski definition) is 3. The van der Waals surface area contributed by atoms with E-state index >= 15 is 0 Å². The van der Waals surface area contributed by atoms with Crippen LogP contribution in [0.1, 0.15) is 22.3 Å². The molecule has 3 N–H and O–H groups in total. The highest BCUT2D eigenvalue weighted by Crippen LogP contribution is 2.15. The Morgan fingerprint density at radius 3 is 2.35 bits per heavy atom. The first-order valence-electron chi connectivity index (χ1n) is 9.60. The molecule has 1 fully saturated rings. The standard InChI is InChI=1S/C22H29N3O/c1-17-8-9-19(3)21(14-17)23-22(26)16-25-12-10-24(11-13-25)15-20-7-5-4-6-18(20)2/h4-9,14H,10-13,15-16H2,1-3H3,(H,23,26)/p+2. The Kier molecular flexibility index (Phi) is 6.07. The lowest BCUT2D eigenvalue weighted by Gasteiger charge is -2.29. The van der Waals surface area contributed by atoms with E-state index in [1.165, 1.54) is 21.6 Å². The number of amides is 1. The van der Waals surface area contributed by atoms with Gasteiger partial charge in [-0.2, -0.15) is 0 Å². The van der Waals surface area contributed by atoms with Crippen LogP contribution in [0.25, 0.3) is 0 Å². The number of aryl methyl sites for hydroxylation is 3. The highest BCUT2D eigenvalue weighted by atomic mass is 16.2. The molecule has 1 aliphatic heterocycles. The lowest BCUT2D eigenvalue weighted by molar-refractivity contribution is -1.02. The lowest BCUT2D eigenvalue weighted by Crippen LogP contribution is -3.28. The average molecular weight is 354 g/mol. The molecule has 2 aromatic carbocycles. The summed E-state index contributed by atoms with van der Waals surface area (Å²) in [5.74, 6) is 0.121. The summed E-state index contributed by atoms with van der Waals surface area (Å²) in [6, 6.07) is 14.8. The van der Waals surface area contributed by atoms with Crippen LogP contribution >= 0.6 is 0 Å². The lowest BCUT2D eigenvalue weighted by atomic mass is 10.1. The van der Waals surface area contributed by atoms with Crippen molar-refractivity contribution in [3.05, 3.63) is 64.7 Å². The Bertz CT molecular complexity index is 764. The monoisotopic (exact) mass is 353 g/mol. The summed E-state index contributed by atoms with van der Waals surface area (Å²) in [6.07, 6.45) is 0. The Hall–Kier alpha value is -2.17. The van der Waals surface area contributed by atoms with Crippen molar-refractivity contribution in [1.29, 1.82) is 0 Å². The number of quaternary nitrogens is 2. The first-order valence-corrected chi connectivity index (χ1v) is 9.60. The number of nitrogens with one attached hydrogen (secondary N) is 3. The molecule has 2 aromatic rings. The molecule has 1 saturated heterocycles. The summed E-state index contributed by atoms with van der Waals surface area (Å²) in [5, 5.41) is 3.09. The van der Waals surface area contributed by atoms with Gasteiger partial charge >= 0.3 is 0 Å². The first-order chi connectivity index (χ1) is 12.5. The van der Waals surface area contributed by atoms with Crippen LogP contribution in [-0.4, -0.2) is 38.6 Å². The summed E-state index contributed by atoms with van der Waals surface area (Å²) >= 11 is 0. The zero-order chi connectivity index (χ0) is 18.5. The van der Waals surface area contributed by atoms with Crippen LogP contribution in [0.3, 0.4) is 0 Å². The zero-order valence-electron chi connectivity index (χ0n) is 16.2. The van der Waals surface area contributed by atoms with Gasteiger partial charge in [0, 0.05) is 11.3 Å². The van der Waals surface area contributed by atoms with E-state index in [1.54, 1.807) is 4.90 Å². The van der Waals surface area contributed by atoms with Gasteiger partial charge < -0.3 is 15.1 Å². The summed E-state index contributed by atoms with van der Waals surface area (Å²) in [4.78, 5) is 15.4. The van der Waals surface area contributed by atoms with Crippen molar-refractivity contribution in [2.75, 3.05) is 38.0 Å². The van der Waals surface area contributed by atoms with E-state index in [0.29, 0.717) is 6.54 Å². The molecule has 0 spiro atoms. The average Bonchev–Trinajstić information content (AvgIpc) is 2.62. The molecular weight excluding hydrogens is 322 g/mol. The molecule has 4 nitrogen and oxygen atoms in total. The highest BCUT2D eigenvalue weighted by molar-refractivity contribution is 5.92. The van der Waals surface area contributed by atoms with Gasteiger partial charge in [-0.05, 0) is 43.5 Å². The van der Waals surface area contributed by atoms with E-state index in [0.717, 1.165) is 44.0 Å². The van der Waals surface area contributed by atoms with Crippen LogP contribution < -0.4 is 15.1 Å². The predicted octanol–water partition coefficient (Wildman–Crippen LogP) is 0.534. The van der Waals surface area contributed by atoms with Crippen molar-refractivity contribution in [3.8, 4) is 0 Å². The number of benzene rings is 2. The molecule has 138 valence electrons. The third-order valence-corrected chi connectivity index (χ3v) is 5.44. The fraction of sp³-hybridized carbons (Fsp3) is 0.409. The molecule has 3 rings (SSSR count). The van der Waals surface area contributed by atoms with Gasteiger partial charge in [0.2, 0.25) is 0 Å². The topological polar surface area (TPSA) is 38.0 Å². The number of carbonyl (C=O) groups excluding carboxylic acids is 1. The second-order valence-electron chi connectivity index (χ2n) is 7.65. The van der Waals surface area contributed by atoms with Gasteiger partial charge in [0.1, 0.15) is 32.7 Å². The second kappa shape index (κ2) is 8.47. The smallest absolute Gasteiger partial charge is 0.279 e. The molecule has 0 bridgehead atoms. The van der Waals surface area contributed by atoms with Crippen molar-refractivity contribution >= 4 is 11.6 Å². The van der Waals surface area contributed by atoms with E-state index in [4.69, 9.17) is 0 Å². The Morgan fingerprint density at radius 1 is 0.923 bits per heavy atom. The van der Waals surface area contributed by atoms with Gasteiger partial charge in [0.15, 0.2) is 6.54 Å². The summed E-state index contributed by atoms with van der Waals surface area (Å²) in [5.41, 5.74) is 6.05. The zero-order valence-corrected chi connectivity index (χ0v) is 16.2. The van der Waals surface area contributed by atoms with E-state index in [9.17, 15) is 4.79 Å². The summed E-state index contributed by atoms with van der Waals surface area (Å²) < 4.78 is 0. The summed E-state index contributed by atoms with van der Waals surface area (Å²) in [7, 11) is 0. The largest absolute Gasteiger partial charge is 0.322 e. The molecule has 4 heteroatoms. The van der Waals surface area contributed by atoms with Crippen molar-refractivity contribution in [2.45, 2.75) is 27.3 Å². The van der Waals surface area contributed by atoms with Crippen LogP contribution in [-0.2, 0) is 11.3 Å². The number of anilines is 1. The predicted molar refractivity (Wildman–Crippen MR) is 106 cm³/mol. The minimum atomic E-state index is 0.121. The maximum Gasteiger partial charge on any atom is 0.279 e. The minimum absolute atomic E-state index is 0.121. The number of piperazine rings is 1. The van der Waals surface area contributed by atoms with Crippen molar-refractivity contribution in [2.24, 2.45) is 0 Å². The number of carbonyl (C=O) groups is 1. The van der Waals surface area contributed by atoms with E-state index < -0.39 is 0 Å². The van der Waals surface area contributed by atoms with Crippen molar-refractivity contribution in [3.63, 3.8) is 0 Å². The molecule has 0 radical (unpaired) electrons. The molecule has 0 unspecified atom stereocenters. The van der Waals surface area contributed by atoms with E-state index in [2.05, 4.69) is 55.6 Å². The van der Waals surface area contributed by atoms with Crippen LogP contribution in [0.5, 0.6) is 0 Å². The third-order valence-electron chi connectivity index (χ3n) is 5.44. The molecule has 26 heavy (non-hydrogen) atoms. The van der Waals surface area contributed by atoms with E-state index in [1.807, 2.05) is 13.0 Å². The Morgan fingerprint density at radius 2 is 1.62 bits per heavy atom. The van der Waals surface area contributed by atoms with Gasteiger partial charge in [-0.3, -0.25) is 4.79 Å². The molecule has 1 aliphatic rings. The molecule has 0 atom stereocenters. The Labute approximate surface area is 156 Å². The molecular formula is C22H31N3O+2. The van der Waals surface area contributed by atoms with Gasteiger partial charge in [-0.15, -0.1) is 0 Å². The molecule has 0 aliphatic carbocycles. The fourth-order valence-corrected chi connectivity index (χ4v) is 3.68. The van der Waals surface area contributed by atoms with Gasteiger partial charge in [0.05, 0.1) is 0 Å². The second-order valence-corrected chi connectivity index (χ2v) is 7.65. The summed E-state index contributed by atoms with van der Waals surface area (Å²) in [6.45, 7) is 12.3. The molecule has 1 amide bonds. The molecule has 0 aromatic heterocycles. The van der Waals surface area contributed by atoms with Gasteiger partial charge in [-0.1, -0.05) is 36.4 Å². The van der Waals surface area contributed by atoms with Crippen LogP contribution in [0.15, 0.2) is 42.5 Å². The van der Waals surface area contributed by atoms with Crippen LogP contribution in [0.4, 0.5) is 5.69 Å². The first kappa shape index (κ1) is 18.6. The highest BCUT2D eigenvalue weighted by Gasteiger charge is 2.25. The van der Waals surface area contributed by atoms with Crippen LogP contribution in [0, 0.1) is 20.8 Å². The normalized spacial score (nSPS) is 20.0. The molecule has 1 heterocycles. The van der Waals surface area contributed by atoms with Gasteiger partial charge in [-0.25, -0.2) is 0 Å². The fourth-order valence-electron chi connectivity index (χ4n) is 3.68. The minimum Gasteiger partial charge on any atom is -0.322 e. The van der Waals surface area contributed by atoms with Crippen molar-refractivity contribution < 1.29 is 14.6 Å². The molecule has 0 saturated carbocycles. The van der Waals surface area contributed by atoms with Crippen LogP contribution in [0.2, 0.25) is 0 Å². The number of rotatable bonds is 5. The quantitative estimate of drug-likeness (QED) is 0.721. The van der Waals surface area contributed by atoms with E-state index in [-0.39, 0.29) is 5.91 Å². The maximum atomic E-state index is 12.4. The maximum absolute atomic E-state index is 12.4. The SMILES string of the molecule is Cc1ccc(C)c(NC(=O)C[NH+]2CC[NH+](Cc3ccccc3C)CC2)c1. The third kappa shape index (κ3) is 4.93.